The predicted molar refractivity (Wildman–Crippen MR) is 117 cm³/mol. The Labute approximate surface area is 181 Å². The summed E-state index contributed by atoms with van der Waals surface area (Å²) in [7, 11) is 0. The average molecular weight is 471 g/mol. The maximum atomic E-state index is 12.9. The lowest BCUT2D eigenvalue weighted by atomic mass is 10.2. The van der Waals surface area contributed by atoms with Crippen LogP contribution in [-0.4, -0.2) is 25.5 Å². The number of halogens is 2. The molecule has 0 saturated carbocycles. The first-order valence-electron chi connectivity index (χ1n) is 8.89. The zero-order valence-electron chi connectivity index (χ0n) is 15.5. The third-order valence-corrected chi connectivity index (χ3v) is 5.31. The Kier molecular flexibility index (Phi) is 5.51. The number of hydrogen-bond donors (Lipinski definition) is 1. The van der Waals surface area contributed by atoms with Crippen molar-refractivity contribution in [3.8, 4) is 5.69 Å². The molecule has 0 unspecified atom stereocenters. The highest BCUT2D eigenvalue weighted by Crippen LogP contribution is 2.19. The maximum Gasteiger partial charge on any atom is 0.260 e. The van der Waals surface area contributed by atoms with Crippen LogP contribution in [0.3, 0.4) is 0 Å². The van der Waals surface area contributed by atoms with Crippen molar-refractivity contribution >= 4 is 39.3 Å². The number of amides is 1. The first kappa shape index (κ1) is 19.4. The first-order valence-corrected chi connectivity index (χ1v) is 10.1. The van der Waals surface area contributed by atoms with Crippen molar-refractivity contribution in [2.45, 2.75) is 13.5 Å². The van der Waals surface area contributed by atoms with Gasteiger partial charge < -0.3 is 5.32 Å². The van der Waals surface area contributed by atoms with Crippen molar-refractivity contribution in [2.75, 3.05) is 5.32 Å². The number of carbonyl (C=O) groups is 1. The van der Waals surface area contributed by atoms with Crippen LogP contribution in [0.15, 0.2) is 71.5 Å². The Balaban J connectivity index is 1.53. The highest BCUT2D eigenvalue weighted by Gasteiger charge is 2.17. The summed E-state index contributed by atoms with van der Waals surface area (Å²) in [6.45, 7) is 2.39. The Morgan fingerprint density at radius 2 is 1.79 bits per heavy atom. The van der Waals surface area contributed by atoms with Gasteiger partial charge in [-0.1, -0.05) is 39.7 Å². The fraction of sp³-hybridized carbons (Fsp3) is 0.0952. The van der Waals surface area contributed by atoms with Gasteiger partial charge in [0.05, 0.1) is 35.9 Å². The quantitative estimate of drug-likeness (QED) is 0.442. The molecule has 8 heteroatoms. The third kappa shape index (κ3) is 4.26. The highest BCUT2D eigenvalue weighted by molar-refractivity contribution is 9.10. The van der Waals surface area contributed by atoms with E-state index in [9.17, 15) is 4.79 Å². The van der Waals surface area contributed by atoms with Crippen molar-refractivity contribution in [1.29, 1.82) is 0 Å². The van der Waals surface area contributed by atoms with Gasteiger partial charge in [-0.15, -0.1) is 0 Å². The summed E-state index contributed by atoms with van der Waals surface area (Å²) < 4.78 is 4.46. The molecular formula is C21H17BrClN5O. The molecule has 1 amide bonds. The number of nitrogens with one attached hydrogen (secondary N) is 1. The molecule has 4 rings (SSSR count). The van der Waals surface area contributed by atoms with Crippen molar-refractivity contribution in [2.24, 2.45) is 0 Å². The van der Waals surface area contributed by atoms with Crippen LogP contribution in [-0.2, 0) is 6.54 Å². The van der Waals surface area contributed by atoms with Crippen molar-refractivity contribution in [3.63, 3.8) is 0 Å². The van der Waals surface area contributed by atoms with Gasteiger partial charge in [-0.3, -0.25) is 4.79 Å². The van der Waals surface area contributed by atoms with E-state index in [1.54, 1.807) is 27.8 Å². The topological polar surface area (TPSA) is 64.7 Å². The molecule has 0 radical (unpaired) electrons. The van der Waals surface area contributed by atoms with Gasteiger partial charge in [0, 0.05) is 15.6 Å². The minimum Gasteiger partial charge on any atom is -0.307 e. The van der Waals surface area contributed by atoms with Gasteiger partial charge >= 0.3 is 0 Å². The summed E-state index contributed by atoms with van der Waals surface area (Å²) in [6, 6.07) is 17.0. The molecule has 6 nitrogen and oxygen atoms in total. The normalized spacial score (nSPS) is 10.9. The molecule has 0 fully saturated rings. The number of rotatable bonds is 5. The van der Waals surface area contributed by atoms with E-state index in [4.69, 9.17) is 11.6 Å². The lowest BCUT2D eigenvalue weighted by Crippen LogP contribution is -2.17. The Morgan fingerprint density at radius 1 is 1.07 bits per heavy atom. The van der Waals surface area contributed by atoms with Gasteiger partial charge in [0.15, 0.2) is 0 Å². The maximum absolute atomic E-state index is 12.9. The summed E-state index contributed by atoms with van der Waals surface area (Å²) in [5.74, 6) is 0.379. The zero-order valence-corrected chi connectivity index (χ0v) is 17.9. The fourth-order valence-corrected chi connectivity index (χ4v) is 3.38. The molecule has 29 heavy (non-hydrogen) atoms. The molecule has 2 aromatic carbocycles. The van der Waals surface area contributed by atoms with Gasteiger partial charge in [0.2, 0.25) is 0 Å². The highest BCUT2D eigenvalue weighted by atomic mass is 79.9. The van der Waals surface area contributed by atoms with E-state index < -0.39 is 0 Å². The van der Waals surface area contributed by atoms with Crippen LogP contribution in [0.25, 0.3) is 5.69 Å². The van der Waals surface area contributed by atoms with E-state index in [-0.39, 0.29) is 5.91 Å². The van der Waals surface area contributed by atoms with Gasteiger partial charge in [-0.25, -0.2) is 9.36 Å². The predicted octanol–water partition coefficient (Wildman–Crippen LogP) is 5.09. The molecule has 0 aliphatic rings. The summed E-state index contributed by atoms with van der Waals surface area (Å²) in [5, 5.41) is 12.3. The van der Waals surface area contributed by atoms with E-state index >= 15 is 0 Å². The monoisotopic (exact) mass is 469 g/mol. The number of carbonyl (C=O) groups excluding carboxylic acids is 1. The molecule has 4 aromatic rings. The second-order valence-corrected chi connectivity index (χ2v) is 7.84. The summed E-state index contributed by atoms with van der Waals surface area (Å²) >= 11 is 9.36. The summed E-state index contributed by atoms with van der Waals surface area (Å²) in [5.41, 5.74) is 3.19. The van der Waals surface area contributed by atoms with Crippen LogP contribution in [0, 0.1) is 6.92 Å². The van der Waals surface area contributed by atoms with E-state index in [1.165, 1.54) is 0 Å². The zero-order chi connectivity index (χ0) is 20.4. The SMILES string of the molecule is Cc1c(C(=O)Nc2ccnn2Cc2ccc(Cl)cc2)cnn1-c1ccc(Br)cc1. The number of hydrogen-bond acceptors (Lipinski definition) is 3. The van der Waals surface area contributed by atoms with Crippen LogP contribution < -0.4 is 5.32 Å². The van der Waals surface area contributed by atoms with Crippen molar-refractivity contribution in [1.82, 2.24) is 19.6 Å². The molecule has 2 heterocycles. The molecule has 0 saturated heterocycles. The Hall–Kier alpha value is -2.90. The molecule has 0 aliphatic carbocycles. The number of benzene rings is 2. The fourth-order valence-electron chi connectivity index (χ4n) is 2.99. The standard InChI is InChI=1S/C21H17BrClN5O/c1-14-19(12-25-28(14)18-8-4-16(22)5-9-18)21(29)26-20-10-11-24-27(20)13-15-2-6-17(23)7-3-15/h2-12H,13H2,1H3,(H,26,29). The largest absolute Gasteiger partial charge is 0.307 e. The van der Waals surface area contributed by atoms with Crippen LogP contribution in [0.2, 0.25) is 5.02 Å². The van der Waals surface area contributed by atoms with Gasteiger partial charge in [0.1, 0.15) is 5.82 Å². The van der Waals surface area contributed by atoms with E-state index in [0.29, 0.717) is 22.9 Å². The number of nitrogens with zero attached hydrogens (tertiary/aromatic N) is 4. The van der Waals surface area contributed by atoms with Crippen molar-refractivity contribution in [3.05, 3.63) is 93.3 Å². The average Bonchev–Trinajstić information content (AvgIpc) is 3.31. The third-order valence-electron chi connectivity index (χ3n) is 4.53. The van der Waals surface area contributed by atoms with E-state index in [2.05, 4.69) is 31.4 Å². The molecular weight excluding hydrogens is 454 g/mol. The molecule has 0 bridgehead atoms. The Morgan fingerprint density at radius 3 is 2.52 bits per heavy atom. The number of aromatic nitrogens is 4. The summed E-state index contributed by atoms with van der Waals surface area (Å²) in [6.07, 6.45) is 3.23. The molecule has 0 atom stereocenters. The molecule has 0 aliphatic heterocycles. The van der Waals surface area contributed by atoms with Crippen LogP contribution >= 0.6 is 27.5 Å². The van der Waals surface area contributed by atoms with Crippen LogP contribution in [0.4, 0.5) is 5.82 Å². The minimum absolute atomic E-state index is 0.233. The van der Waals surface area contributed by atoms with E-state index in [1.807, 2.05) is 55.5 Å². The van der Waals surface area contributed by atoms with E-state index in [0.717, 1.165) is 21.4 Å². The first-order chi connectivity index (χ1) is 14.0. The second-order valence-electron chi connectivity index (χ2n) is 6.49. The van der Waals surface area contributed by atoms with Gasteiger partial charge in [-0.05, 0) is 48.9 Å². The smallest absolute Gasteiger partial charge is 0.260 e. The van der Waals surface area contributed by atoms with Gasteiger partial charge in [-0.2, -0.15) is 10.2 Å². The van der Waals surface area contributed by atoms with Gasteiger partial charge in [0.25, 0.3) is 5.91 Å². The number of anilines is 1. The molecule has 0 spiro atoms. The lowest BCUT2D eigenvalue weighted by Gasteiger charge is -2.10. The molecule has 146 valence electrons. The summed E-state index contributed by atoms with van der Waals surface area (Å²) in [4.78, 5) is 12.9. The minimum atomic E-state index is -0.233. The second kappa shape index (κ2) is 8.23. The molecule has 2 aromatic heterocycles. The van der Waals surface area contributed by atoms with Crippen molar-refractivity contribution < 1.29 is 4.79 Å². The molecule has 1 N–H and O–H groups in total. The van der Waals surface area contributed by atoms with Crippen LogP contribution in [0.1, 0.15) is 21.6 Å². The van der Waals surface area contributed by atoms with Crippen LogP contribution in [0.5, 0.6) is 0 Å². The Bertz CT molecular complexity index is 1150. The lowest BCUT2D eigenvalue weighted by molar-refractivity contribution is 0.102.